The zero-order chi connectivity index (χ0) is 25.5. The average molecular weight is 473 g/mol. The van der Waals surface area contributed by atoms with Crippen molar-refractivity contribution in [3.63, 3.8) is 0 Å². The van der Waals surface area contributed by atoms with E-state index in [0.717, 1.165) is 17.5 Å². The number of likely N-dealkylation sites (tertiary alicyclic amines) is 1. The quantitative estimate of drug-likeness (QED) is 0.252. The number of hydrogen-bond acceptors (Lipinski definition) is 3. The standard InChI is InChI=1S/C30H33FN2O2/c1-6-7-8-9-10-11-22(4)29(23(5)32-25-16-12-20(2)13-17-25)33-27(19-34)28(30(33)35)24-15-14-21(3)26(31)18-24/h6-19,22,27-29,32H,5H2,1-4H3/b7-6-,9-8-,11-10+/t22?,27?,28-,29?/m0/s1. The van der Waals surface area contributed by atoms with Crippen LogP contribution in [0.5, 0.6) is 0 Å². The maximum atomic E-state index is 14.2. The van der Waals surface area contributed by atoms with Crippen LogP contribution in [0.1, 0.15) is 36.5 Å². The van der Waals surface area contributed by atoms with Crippen molar-refractivity contribution in [3.8, 4) is 0 Å². The lowest BCUT2D eigenvalue weighted by Gasteiger charge is -2.50. The number of aldehydes is 1. The summed E-state index contributed by atoms with van der Waals surface area (Å²) in [7, 11) is 0. The highest BCUT2D eigenvalue weighted by Gasteiger charge is 2.52. The van der Waals surface area contributed by atoms with E-state index in [2.05, 4.69) is 11.9 Å². The fraction of sp³-hybridized carbons (Fsp3) is 0.267. The van der Waals surface area contributed by atoms with E-state index in [4.69, 9.17) is 0 Å². The van der Waals surface area contributed by atoms with Crippen molar-refractivity contribution in [2.45, 2.75) is 45.7 Å². The van der Waals surface area contributed by atoms with Crippen LogP contribution in [0.25, 0.3) is 0 Å². The highest BCUT2D eigenvalue weighted by molar-refractivity contribution is 5.98. The summed E-state index contributed by atoms with van der Waals surface area (Å²) in [6, 6.07) is 11.4. The molecule has 1 aliphatic rings. The van der Waals surface area contributed by atoms with E-state index < -0.39 is 18.0 Å². The Morgan fingerprint density at radius 3 is 2.40 bits per heavy atom. The van der Waals surface area contributed by atoms with Crippen LogP contribution in [-0.4, -0.2) is 29.2 Å². The molecule has 5 heteroatoms. The van der Waals surface area contributed by atoms with Crippen molar-refractivity contribution < 1.29 is 14.0 Å². The number of anilines is 1. The van der Waals surface area contributed by atoms with Gasteiger partial charge in [0.05, 0.1) is 12.0 Å². The molecule has 0 aliphatic carbocycles. The van der Waals surface area contributed by atoms with E-state index in [0.29, 0.717) is 16.8 Å². The SMILES string of the molecule is C=C(Nc1ccc(C)cc1)C(C(C)/C=C/C=C\C=C/C)N1C(=O)[C@@H](c2ccc(C)c(F)c2)C1C=O. The molecule has 0 bridgehead atoms. The fourth-order valence-corrected chi connectivity index (χ4v) is 4.36. The summed E-state index contributed by atoms with van der Waals surface area (Å²) in [5, 5.41) is 3.32. The van der Waals surface area contributed by atoms with Gasteiger partial charge in [-0.05, 0) is 50.1 Å². The number of allylic oxidation sites excluding steroid dienone is 5. The first-order valence-corrected chi connectivity index (χ1v) is 11.8. The third kappa shape index (κ3) is 5.86. The van der Waals surface area contributed by atoms with Crippen molar-refractivity contribution in [2.24, 2.45) is 5.92 Å². The van der Waals surface area contributed by atoms with Crippen LogP contribution in [0.2, 0.25) is 0 Å². The number of hydrogen-bond donors (Lipinski definition) is 1. The number of rotatable bonds is 10. The number of aryl methyl sites for hydroxylation is 2. The van der Waals surface area contributed by atoms with Crippen molar-refractivity contribution in [3.05, 3.63) is 114 Å². The average Bonchev–Trinajstić information content (AvgIpc) is 2.83. The van der Waals surface area contributed by atoms with Crippen molar-refractivity contribution >= 4 is 17.9 Å². The molecule has 4 atom stereocenters. The number of β-lactam (4-membered cyclic amide) rings is 1. The van der Waals surface area contributed by atoms with E-state index in [1.54, 1.807) is 24.0 Å². The molecule has 182 valence electrons. The molecular formula is C30H33FN2O2. The van der Waals surface area contributed by atoms with Gasteiger partial charge in [0.1, 0.15) is 18.1 Å². The lowest BCUT2D eigenvalue weighted by molar-refractivity contribution is -0.156. The van der Waals surface area contributed by atoms with Crippen molar-refractivity contribution in [1.82, 2.24) is 4.90 Å². The molecule has 0 spiro atoms. The predicted molar refractivity (Wildman–Crippen MR) is 141 cm³/mol. The highest BCUT2D eigenvalue weighted by Crippen LogP contribution is 2.40. The summed E-state index contributed by atoms with van der Waals surface area (Å²) in [4.78, 5) is 27.2. The van der Waals surface area contributed by atoms with Gasteiger partial charge in [-0.25, -0.2) is 4.39 Å². The maximum Gasteiger partial charge on any atom is 0.233 e. The fourth-order valence-electron chi connectivity index (χ4n) is 4.36. The maximum absolute atomic E-state index is 14.2. The second-order valence-corrected chi connectivity index (χ2v) is 8.97. The highest BCUT2D eigenvalue weighted by atomic mass is 19.1. The van der Waals surface area contributed by atoms with Crippen molar-refractivity contribution in [2.75, 3.05) is 5.32 Å². The van der Waals surface area contributed by atoms with Gasteiger partial charge in [0.2, 0.25) is 5.91 Å². The molecule has 0 aromatic heterocycles. The number of carbonyl (C=O) groups is 2. The minimum atomic E-state index is -0.708. The van der Waals surface area contributed by atoms with Crippen LogP contribution >= 0.6 is 0 Å². The summed E-state index contributed by atoms with van der Waals surface area (Å²) in [5.41, 5.74) is 3.60. The van der Waals surface area contributed by atoms with Crippen LogP contribution in [0, 0.1) is 25.6 Å². The lowest BCUT2D eigenvalue weighted by Crippen LogP contribution is -2.65. The Hall–Kier alpha value is -3.73. The predicted octanol–water partition coefficient (Wildman–Crippen LogP) is 6.25. The molecule has 2 aromatic carbocycles. The normalized spacial score (nSPS) is 19.8. The number of nitrogens with one attached hydrogen (secondary N) is 1. The Balaban J connectivity index is 1.91. The van der Waals surface area contributed by atoms with E-state index in [-0.39, 0.29) is 17.6 Å². The Bertz CT molecular complexity index is 1160. The monoisotopic (exact) mass is 472 g/mol. The van der Waals surface area contributed by atoms with Gasteiger partial charge in [-0.1, -0.05) is 79.8 Å². The van der Waals surface area contributed by atoms with Gasteiger partial charge in [0.15, 0.2) is 0 Å². The largest absolute Gasteiger partial charge is 0.358 e. The first-order valence-electron chi connectivity index (χ1n) is 11.8. The van der Waals surface area contributed by atoms with Gasteiger partial charge in [0.25, 0.3) is 0 Å². The van der Waals surface area contributed by atoms with Gasteiger partial charge < -0.3 is 15.0 Å². The van der Waals surface area contributed by atoms with Gasteiger partial charge in [-0.15, -0.1) is 0 Å². The topological polar surface area (TPSA) is 49.4 Å². The number of amides is 1. The van der Waals surface area contributed by atoms with E-state index in [9.17, 15) is 14.0 Å². The number of halogens is 1. The van der Waals surface area contributed by atoms with E-state index >= 15 is 0 Å². The molecule has 0 saturated carbocycles. The van der Waals surface area contributed by atoms with Crippen molar-refractivity contribution in [1.29, 1.82) is 0 Å². The molecule has 1 N–H and O–H groups in total. The van der Waals surface area contributed by atoms with E-state index in [1.165, 1.54) is 6.07 Å². The van der Waals surface area contributed by atoms with E-state index in [1.807, 2.05) is 81.5 Å². The minimum Gasteiger partial charge on any atom is -0.358 e. The molecule has 35 heavy (non-hydrogen) atoms. The second kappa shape index (κ2) is 11.6. The summed E-state index contributed by atoms with van der Waals surface area (Å²) >= 11 is 0. The molecule has 1 aliphatic heterocycles. The summed E-state index contributed by atoms with van der Waals surface area (Å²) in [6.45, 7) is 11.8. The Morgan fingerprint density at radius 1 is 1.09 bits per heavy atom. The molecule has 3 unspecified atom stereocenters. The number of benzene rings is 2. The third-order valence-electron chi connectivity index (χ3n) is 6.33. The first-order chi connectivity index (χ1) is 16.8. The molecule has 4 nitrogen and oxygen atoms in total. The molecule has 1 saturated heterocycles. The second-order valence-electron chi connectivity index (χ2n) is 8.97. The number of carbonyl (C=O) groups excluding carboxylic acids is 2. The molecular weight excluding hydrogens is 439 g/mol. The van der Waals surface area contributed by atoms with Gasteiger partial charge >= 0.3 is 0 Å². The van der Waals surface area contributed by atoms with Crippen LogP contribution in [-0.2, 0) is 9.59 Å². The summed E-state index contributed by atoms with van der Waals surface area (Å²) < 4.78 is 14.2. The molecule has 0 radical (unpaired) electrons. The van der Waals surface area contributed by atoms with Gasteiger partial charge in [0, 0.05) is 17.3 Å². The number of nitrogens with zero attached hydrogens (tertiary/aromatic N) is 1. The molecule has 2 aromatic rings. The Labute approximate surface area is 207 Å². The van der Waals surface area contributed by atoms with Crippen LogP contribution in [0.15, 0.2) is 91.2 Å². The lowest BCUT2D eigenvalue weighted by atomic mass is 9.78. The summed E-state index contributed by atoms with van der Waals surface area (Å²) in [5.74, 6) is -1.45. The first kappa shape index (κ1) is 25.9. The zero-order valence-electron chi connectivity index (χ0n) is 20.7. The van der Waals surface area contributed by atoms with Gasteiger partial charge in [-0.3, -0.25) is 4.79 Å². The molecule has 1 fully saturated rings. The van der Waals surface area contributed by atoms with Crippen LogP contribution in [0.3, 0.4) is 0 Å². The minimum absolute atomic E-state index is 0.141. The van der Waals surface area contributed by atoms with Crippen LogP contribution in [0.4, 0.5) is 10.1 Å². The van der Waals surface area contributed by atoms with Crippen LogP contribution < -0.4 is 5.32 Å². The smallest absolute Gasteiger partial charge is 0.233 e. The summed E-state index contributed by atoms with van der Waals surface area (Å²) in [6.07, 6.45) is 12.4. The zero-order valence-corrected chi connectivity index (χ0v) is 20.7. The van der Waals surface area contributed by atoms with Gasteiger partial charge in [-0.2, -0.15) is 0 Å². The Morgan fingerprint density at radius 2 is 1.77 bits per heavy atom. The molecule has 1 heterocycles. The molecule has 3 rings (SSSR count). The Kier molecular flexibility index (Phi) is 8.58. The molecule has 1 amide bonds. The third-order valence-corrected chi connectivity index (χ3v) is 6.33.